The van der Waals surface area contributed by atoms with E-state index < -0.39 is 15.8 Å². The van der Waals surface area contributed by atoms with E-state index in [0.29, 0.717) is 12.8 Å². The van der Waals surface area contributed by atoms with E-state index >= 15 is 0 Å². The monoisotopic (exact) mass is 322 g/mol. The molecule has 22 heavy (non-hydrogen) atoms. The van der Waals surface area contributed by atoms with Crippen LogP contribution in [-0.2, 0) is 21.0 Å². The van der Waals surface area contributed by atoms with Crippen molar-refractivity contribution in [1.29, 1.82) is 0 Å². The van der Waals surface area contributed by atoms with Gasteiger partial charge in [0.15, 0.2) is 0 Å². The molecule has 0 bridgehead atoms. The molecule has 118 valence electrons. The molecule has 1 aromatic heterocycles. The van der Waals surface area contributed by atoms with Gasteiger partial charge < -0.3 is 9.15 Å². The van der Waals surface area contributed by atoms with Gasteiger partial charge in [-0.15, -0.1) is 0 Å². The van der Waals surface area contributed by atoms with Gasteiger partial charge in [-0.1, -0.05) is 37.3 Å². The summed E-state index contributed by atoms with van der Waals surface area (Å²) in [6, 6.07) is 12.3. The van der Waals surface area contributed by atoms with Crippen LogP contribution in [0.3, 0.4) is 0 Å². The van der Waals surface area contributed by atoms with Crippen molar-refractivity contribution >= 4 is 15.8 Å². The van der Waals surface area contributed by atoms with Crippen LogP contribution in [0, 0.1) is 0 Å². The van der Waals surface area contributed by atoms with Crippen LogP contribution in [0.15, 0.2) is 52.0 Å². The number of esters is 1. The van der Waals surface area contributed by atoms with Crippen LogP contribution in [0.25, 0.3) is 0 Å². The highest BCUT2D eigenvalue weighted by atomic mass is 32.2. The Balaban J connectivity index is 2.05. The van der Waals surface area contributed by atoms with Crippen molar-refractivity contribution in [2.24, 2.45) is 0 Å². The van der Waals surface area contributed by atoms with Crippen molar-refractivity contribution in [2.75, 3.05) is 6.26 Å². The van der Waals surface area contributed by atoms with E-state index in [-0.39, 0.29) is 17.0 Å². The Morgan fingerprint density at radius 1 is 1.18 bits per heavy atom. The van der Waals surface area contributed by atoms with Gasteiger partial charge >= 0.3 is 5.97 Å². The second-order valence-corrected chi connectivity index (χ2v) is 6.96. The van der Waals surface area contributed by atoms with Crippen molar-refractivity contribution in [3.8, 4) is 0 Å². The van der Waals surface area contributed by atoms with E-state index in [1.165, 1.54) is 12.1 Å². The van der Waals surface area contributed by atoms with E-state index in [0.717, 1.165) is 11.8 Å². The number of ether oxygens (including phenoxy) is 1. The Bertz CT molecular complexity index is 731. The SMILES string of the molecule is CC[C@H](Cc1ccccc1)OC(=O)c1ccc(S(C)(=O)=O)o1. The van der Waals surface area contributed by atoms with Crippen molar-refractivity contribution in [1.82, 2.24) is 0 Å². The lowest BCUT2D eigenvalue weighted by Gasteiger charge is -2.15. The number of sulfone groups is 1. The fourth-order valence-corrected chi connectivity index (χ4v) is 2.54. The Kier molecular flexibility index (Phi) is 5.03. The smallest absolute Gasteiger partial charge is 0.374 e. The van der Waals surface area contributed by atoms with Crippen LogP contribution in [0.4, 0.5) is 0 Å². The van der Waals surface area contributed by atoms with Gasteiger partial charge in [0.2, 0.25) is 20.7 Å². The van der Waals surface area contributed by atoms with Gasteiger partial charge in [0.05, 0.1) is 0 Å². The Morgan fingerprint density at radius 2 is 1.86 bits per heavy atom. The molecule has 5 nitrogen and oxygen atoms in total. The standard InChI is InChI=1S/C16H18O5S/c1-3-13(11-12-7-5-4-6-8-12)20-16(17)14-9-10-15(21-14)22(2,18)19/h4-10,13H,3,11H2,1-2H3/t13-/m1/s1. The predicted octanol–water partition coefficient (Wildman–Crippen LogP) is 2.86. The normalized spacial score (nSPS) is 12.8. The molecule has 0 spiro atoms. The average Bonchev–Trinajstić information content (AvgIpc) is 2.97. The molecule has 0 amide bonds. The molecule has 1 atom stereocenters. The lowest BCUT2D eigenvalue weighted by Crippen LogP contribution is -2.19. The minimum absolute atomic E-state index is 0.105. The summed E-state index contributed by atoms with van der Waals surface area (Å²) in [5.74, 6) is -0.760. The van der Waals surface area contributed by atoms with Gasteiger partial charge in [-0.2, -0.15) is 0 Å². The van der Waals surface area contributed by atoms with E-state index in [4.69, 9.17) is 9.15 Å². The fourth-order valence-electron chi connectivity index (χ4n) is 1.98. The van der Waals surface area contributed by atoms with Crippen molar-refractivity contribution in [2.45, 2.75) is 31.0 Å². The molecule has 0 saturated carbocycles. The Labute approximate surface area is 129 Å². The maximum absolute atomic E-state index is 12.0. The summed E-state index contributed by atoms with van der Waals surface area (Å²) in [5, 5.41) is -0.240. The van der Waals surface area contributed by atoms with Crippen LogP contribution in [-0.4, -0.2) is 26.7 Å². The largest absolute Gasteiger partial charge is 0.456 e. The number of rotatable bonds is 6. The zero-order chi connectivity index (χ0) is 16.2. The highest BCUT2D eigenvalue weighted by Gasteiger charge is 2.21. The highest BCUT2D eigenvalue weighted by Crippen LogP contribution is 2.17. The zero-order valence-corrected chi connectivity index (χ0v) is 13.3. The number of furan rings is 1. The van der Waals surface area contributed by atoms with Crippen molar-refractivity contribution < 1.29 is 22.4 Å². The van der Waals surface area contributed by atoms with Gasteiger partial charge in [0.1, 0.15) is 6.10 Å². The molecular formula is C16H18O5S. The van der Waals surface area contributed by atoms with Gasteiger partial charge in [-0.3, -0.25) is 0 Å². The Hall–Kier alpha value is -2.08. The van der Waals surface area contributed by atoms with Crippen LogP contribution in [0.1, 0.15) is 29.5 Å². The molecule has 6 heteroatoms. The first kappa shape index (κ1) is 16.3. The van der Waals surface area contributed by atoms with E-state index in [9.17, 15) is 13.2 Å². The summed E-state index contributed by atoms with van der Waals surface area (Å²) in [7, 11) is -3.47. The molecule has 1 aromatic carbocycles. The van der Waals surface area contributed by atoms with Gasteiger partial charge in [-0.25, -0.2) is 13.2 Å². The molecule has 0 aliphatic heterocycles. The molecular weight excluding hydrogens is 304 g/mol. The van der Waals surface area contributed by atoms with Gasteiger partial charge in [0.25, 0.3) is 0 Å². The summed E-state index contributed by atoms with van der Waals surface area (Å²) >= 11 is 0. The first-order valence-corrected chi connectivity index (χ1v) is 8.84. The molecule has 2 rings (SSSR count). The third-order valence-corrected chi connectivity index (χ3v) is 4.13. The number of hydrogen-bond donors (Lipinski definition) is 0. The molecule has 2 aromatic rings. The quantitative estimate of drug-likeness (QED) is 0.765. The van der Waals surface area contributed by atoms with E-state index in [1.807, 2.05) is 37.3 Å². The molecule has 0 aliphatic carbocycles. The summed E-state index contributed by atoms with van der Waals surface area (Å²) in [6.07, 6.45) is 1.98. The molecule has 0 unspecified atom stereocenters. The minimum Gasteiger partial charge on any atom is -0.456 e. The summed E-state index contributed by atoms with van der Waals surface area (Å²) in [5.41, 5.74) is 1.07. The van der Waals surface area contributed by atoms with Gasteiger partial charge in [0, 0.05) is 12.7 Å². The highest BCUT2D eigenvalue weighted by molar-refractivity contribution is 7.90. The van der Waals surface area contributed by atoms with Crippen LogP contribution < -0.4 is 0 Å². The van der Waals surface area contributed by atoms with Crippen molar-refractivity contribution in [3.05, 3.63) is 53.8 Å². The maximum Gasteiger partial charge on any atom is 0.374 e. The van der Waals surface area contributed by atoms with Gasteiger partial charge in [-0.05, 0) is 24.1 Å². The second kappa shape index (κ2) is 6.79. The topological polar surface area (TPSA) is 73.6 Å². The molecule has 0 saturated heterocycles. The number of carbonyl (C=O) groups is 1. The Morgan fingerprint density at radius 3 is 2.41 bits per heavy atom. The average molecular weight is 322 g/mol. The summed E-state index contributed by atoms with van der Waals surface area (Å²) < 4.78 is 33.1. The molecule has 0 aliphatic rings. The first-order chi connectivity index (χ1) is 10.4. The molecule has 0 fully saturated rings. The number of carbonyl (C=O) groups excluding carboxylic acids is 1. The molecule has 0 radical (unpaired) electrons. The van der Waals surface area contributed by atoms with Crippen LogP contribution >= 0.6 is 0 Å². The second-order valence-electron chi connectivity index (χ2n) is 5.02. The number of hydrogen-bond acceptors (Lipinski definition) is 5. The summed E-state index contributed by atoms with van der Waals surface area (Å²) in [6.45, 7) is 1.92. The van der Waals surface area contributed by atoms with E-state index in [2.05, 4.69) is 0 Å². The molecule has 0 N–H and O–H groups in total. The first-order valence-electron chi connectivity index (χ1n) is 6.95. The van der Waals surface area contributed by atoms with Crippen molar-refractivity contribution in [3.63, 3.8) is 0 Å². The van der Waals surface area contributed by atoms with Crippen LogP contribution in [0.5, 0.6) is 0 Å². The number of benzene rings is 1. The zero-order valence-electron chi connectivity index (χ0n) is 12.5. The lowest BCUT2D eigenvalue weighted by atomic mass is 10.1. The maximum atomic E-state index is 12.0. The fraction of sp³-hybridized carbons (Fsp3) is 0.312. The third kappa shape index (κ3) is 4.21. The predicted molar refractivity (Wildman–Crippen MR) is 81.5 cm³/mol. The summed E-state index contributed by atoms with van der Waals surface area (Å²) in [4.78, 5) is 12.0. The lowest BCUT2D eigenvalue weighted by molar-refractivity contribution is 0.0253. The van der Waals surface area contributed by atoms with E-state index in [1.54, 1.807) is 0 Å². The third-order valence-electron chi connectivity index (χ3n) is 3.18. The van der Waals surface area contributed by atoms with Crippen LogP contribution in [0.2, 0.25) is 0 Å². The molecule has 1 heterocycles. The minimum atomic E-state index is -3.47.